The lowest BCUT2D eigenvalue weighted by atomic mass is 9.36. The van der Waals surface area contributed by atoms with E-state index < -0.39 is 36.7 Å². The van der Waals surface area contributed by atoms with Gasteiger partial charge in [-0.2, -0.15) is 15.6 Å². The molecule has 3 heterocycles. The molecule has 0 amide bonds. The van der Waals surface area contributed by atoms with Crippen molar-refractivity contribution in [2.75, 3.05) is 18.9 Å². The van der Waals surface area contributed by atoms with Gasteiger partial charge in [-0.15, -0.1) is 0 Å². The highest BCUT2D eigenvalue weighted by molar-refractivity contribution is 5.66. The number of nitrogen functional groups attached to an aromatic ring is 1. The van der Waals surface area contributed by atoms with Crippen molar-refractivity contribution in [2.24, 2.45) is 10.8 Å². The molecule has 0 aromatic carbocycles. The van der Waals surface area contributed by atoms with Gasteiger partial charge in [-0.05, 0) is 31.4 Å². The van der Waals surface area contributed by atoms with Crippen LogP contribution >= 0.6 is 0 Å². The third kappa shape index (κ3) is 2.74. The van der Waals surface area contributed by atoms with Crippen molar-refractivity contribution in [3.8, 4) is 12.1 Å². The predicted molar refractivity (Wildman–Crippen MR) is 103 cm³/mol. The number of rotatable bonds is 5. The van der Waals surface area contributed by atoms with E-state index in [1.54, 1.807) is 6.07 Å². The summed E-state index contributed by atoms with van der Waals surface area (Å²) in [6, 6.07) is 7.25. The quantitative estimate of drug-likeness (QED) is 0.530. The molecule has 12 nitrogen and oxygen atoms in total. The second-order valence-electron chi connectivity index (χ2n) is 8.87. The van der Waals surface area contributed by atoms with Crippen molar-refractivity contribution in [3.63, 3.8) is 0 Å². The lowest BCUT2D eigenvalue weighted by molar-refractivity contribution is -0.191. The molecule has 166 valence electrons. The number of hydrogen-bond acceptors (Lipinski definition) is 11. The summed E-state index contributed by atoms with van der Waals surface area (Å²) in [5.41, 5.74) is 4.02. The second kappa shape index (κ2) is 6.77. The van der Waals surface area contributed by atoms with Gasteiger partial charge in [0.2, 0.25) is 5.60 Å². The smallest absolute Gasteiger partial charge is 0.434 e. The zero-order valence-corrected chi connectivity index (χ0v) is 16.8. The molecule has 32 heavy (non-hydrogen) atoms. The third-order valence-corrected chi connectivity index (χ3v) is 6.73. The van der Waals surface area contributed by atoms with Crippen molar-refractivity contribution < 1.29 is 29.2 Å². The molecule has 4 atom stereocenters. The minimum Gasteiger partial charge on any atom is -0.434 e. The summed E-state index contributed by atoms with van der Waals surface area (Å²) in [5, 5.41) is 44.1. The number of carbonyl (C=O) groups is 1. The van der Waals surface area contributed by atoms with E-state index in [1.807, 2.05) is 6.07 Å². The van der Waals surface area contributed by atoms with Gasteiger partial charge in [0.25, 0.3) is 0 Å². The van der Waals surface area contributed by atoms with Crippen LogP contribution in [0.3, 0.4) is 0 Å². The molecule has 2 aromatic rings. The number of hydrogen-bond donors (Lipinski definition) is 3. The van der Waals surface area contributed by atoms with Crippen LogP contribution in [-0.4, -0.2) is 62.5 Å². The minimum absolute atomic E-state index is 0.135. The summed E-state index contributed by atoms with van der Waals surface area (Å²) in [7, 11) is 0. The molecule has 3 saturated carbocycles. The first-order chi connectivity index (χ1) is 15.3. The maximum Gasteiger partial charge on any atom is 0.508 e. The Hall–Kier alpha value is -3.45. The highest BCUT2D eigenvalue weighted by Gasteiger charge is 2.69. The number of aromatic nitrogens is 3. The average molecular weight is 440 g/mol. The fourth-order valence-electron chi connectivity index (χ4n) is 5.22. The van der Waals surface area contributed by atoms with Gasteiger partial charge in [-0.25, -0.2) is 14.3 Å². The number of aliphatic hydroxyl groups is 2. The first-order valence-corrected chi connectivity index (χ1v) is 10.0. The lowest BCUT2D eigenvalue weighted by Gasteiger charge is -2.66. The molecule has 1 saturated heterocycles. The van der Waals surface area contributed by atoms with Gasteiger partial charge in [-0.1, -0.05) is 0 Å². The topological polar surface area (TPSA) is 189 Å². The number of nitriles is 2. The van der Waals surface area contributed by atoms with E-state index in [2.05, 4.69) is 16.2 Å². The van der Waals surface area contributed by atoms with Crippen LogP contribution in [0.25, 0.3) is 5.52 Å². The van der Waals surface area contributed by atoms with Crippen molar-refractivity contribution >= 4 is 17.5 Å². The zero-order chi connectivity index (χ0) is 22.7. The van der Waals surface area contributed by atoms with Crippen LogP contribution < -0.4 is 5.73 Å². The Morgan fingerprint density at radius 3 is 2.72 bits per heavy atom. The fourth-order valence-corrected chi connectivity index (χ4v) is 5.22. The number of aliphatic hydroxyl groups excluding tert-OH is 2. The van der Waals surface area contributed by atoms with Crippen LogP contribution in [0.1, 0.15) is 25.0 Å². The van der Waals surface area contributed by atoms with Gasteiger partial charge >= 0.3 is 6.16 Å². The average Bonchev–Trinajstić information content (AvgIpc) is 3.27. The Labute approximate surface area is 181 Å². The number of carbonyl (C=O) groups excluding carboxylic acids is 1. The molecule has 0 unspecified atom stereocenters. The SMILES string of the molecule is N#CC12CC(COC(=O)OC[C@H]3O[C@@](C#N)(c4ccc5c(N)ncnn45)[C@H](O)[C@@H]3O)(C1)C2. The molecule has 12 heteroatoms. The molecule has 2 bridgehead atoms. The predicted octanol–water partition coefficient (Wildman–Crippen LogP) is -0.00194. The van der Waals surface area contributed by atoms with Crippen LogP contribution in [0.2, 0.25) is 0 Å². The zero-order valence-electron chi connectivity index (χ0n) is 16.8. The van der Waals surface area contributed by atoms with E-state index in [-0.39, 0.29) is 28.9 Å². The highest BCUT2D eigenvalue weighted by atomic mass is 16.7. The van der Waals surface area contributed by atoms with Crippen LogP contribution in [0.4, 0.5) is 10.6 Å². The Bertz CT molecular complexity index is 1160. The Morgan fingerprint density at radius 2 is 2.03 bits per heavy atom. The van der Waals surface area contributed by atoms with Gasteiger partial charge < -0.3 is 30.2 Å². The molecule has 4 fully saturated rings. The van der Waals surface area contributed by atoms with Crippen molar-refractivity contribution in [3.05, 3.63) is 24.2 Å². The summed E-state index contributed by atoms with van der Waals surface area (Å²) < 4.78 is 17.2. The Morgan fingerprint density at radius 1 is 1.28 bits per heavy atom. The third-order valence-electron chi connectivity index (χ3n) is 6.73. The van der Waals surface area contributed by atoms with E-state index in [0.717, 1.165) is 0 Å². The number of fused-ring (bicyclic) bond motifs is 1. The fraction of sp³-hybridized carbons (Fsp3) is 0.550. The molecule has 0 radical (unpaired) electrons. The van der Waals surface area contributed by atoms with E-state index in [4.69, 9.17) is 25.2 Å². The number of nitrogens with two attached hydrogens (primary N) is 1. The molecule has 4 N–H and O–H groups in total. The van der Waals surface area contributed by atoms with Crippen LogP contribution in [0.5, 0.6) is 0 Å². The van der Waals surface area contributed by atoms with E-state index >= 15 is 0 Å². The van der Waals surface area contributed by atoms with Crippen molar-refractivity contribution in [1.82, 2.24) is 14.6 Å². The van der Waals surface area contributed by atoms with E-state index in [9.17, 15) is 20.3 Å². The number of anilines is 1. The molecule has 3 aliphatic carbocycles. The molecule has 6 rings (SSSR count). The standard InChI is InChI=1S/C20H20N6O6/c21-7-18-4-19(5-18,6-18)9-31-17(29)30-3-12-14(27)15(28)20(8-22,32-12)13-2-1-11-16(23)24-10-25-26(11)13/h1-2,10,12,14-15,27-28H,3-6,9H2,(H2,23,24,25)/t12-,14-,15-,18?,19?,20+/m1/s1. The monoisotopic (exact) mass is 440 g/mol. The summed E-state index contributed by atoms with van der Waals surface area (Å²) in [5.74, 6) is 0.166. The normalized spacial score (nSPS) is 37.1. The van der Waals surface area contributed by atoms with Crippen LogP contribution in [-0.2, 0) is 19.8 Å². The van der Waals surface area contributed by atoms with E-state index in [0.29, 0.717) is 24.8 Å². The molecule has 1 aliphatic heterocycles. The van der Waals surface area contributed by atoms with Gasteiger partial charge in [0, 0.05) is 5.41 Å². The summed E-state index contributed by atoms with van der Waals surface area (Å²) in [6.45, 7) is -0.276. The summed E-state index contributed by atoms with van der Waals surface area (Å²) in [6.07, 6.45) is -1.96. The second-order valence-corrected chi connectivity index (χ2v) is 8.87. The minimum atomic E-state index is -1.97. The van der Waals surface area contributed by atoms with E-state index in [1.165, 1.54) is 16.9 Å². The van der Waals surface area contributed by atoms with Gasteiger partial charge in [0.05, 0.1) is 17.2 Å². The molecule has 4 aliphatic rings. The first kappa shape index (κ1) is 20.5. The van der Waals surface area contributed by atoms with Gasteiger partial charge in [0.15, 0.2) is 5.82 Å². The maximum absolute atomic E-state index is 12.0. The molecular weight excluding hydrogens is 420 g/mol. The number of nitrogens with zero attached hydrogens (tertiary/aromatic N) is 5. The summed E-state index contributed by atoms with van der Waals surface area (Å²) in [4.78, 5) is 15.9. The van der Waals surface area contributed by atoms with Gasteiger partial charge in [-0.3, -0.25) is 0 Å². The number of ether oxygens (including phenoxy) is 3. The van der Waals surface area contributed by atoms with Crippen LogP contribution in [0.15, 0.2) is 18.5 Å². The summed E-state index contributed by atoms with van der Waals surface area (Å²) >= 11 is 0. The molecular formula is C20H20N6O6. The maximum atomic E-state index is 12.0. The molecule has 2 aromatic heterocycles. The lowest BCUT2D eigenvalue weighted by Crippen LogP contribution is -2.63. The Balaban J connectivity index is 1.24. The van der Waals surface area contributed by atoms with Crippen molar-refractivity contribution in [2.45, 2.75) is 43.2 Å². The molecule has 0 spiro atoms. The van der Waals surface area contributed by atoms with Crippen LogP contribution in [0, 0.1) is 33.5 Å². The van der Waals surface area contributed by atoms with Gasteiger partial charge in [0.1, 0.15) is 49.4 Å². The first-order valence-electron chi connectivity index (χ1n) is 10.0. The van der Waals surface area contributed by atoms with Crippen molar-refractivity contribution in [1.29, 1.82) is 10.5 Å². The highest BCUT2D eigenvalue weighted by Crippen LogP contribution is 2.73. The largest absolute Gasteiger partial charge is 0.508 e. The Kier molecular flexibility index (Phi) is 4.33.